The van der Waals surface area contributed by atoms with E-state index in [0.29, 0.717) is 6.54 Å². The van der Waals surface area contributed by atoms with Crippen LogP contribution in [0.1, 0.15) is 32.0 Å². The van der Waals surface area contributed by atoms with Crippen molar-refractivity contribution in [1.29, 1.82) is 0 Å². The number of hydrogen-bond donors (Lipinski definition) is 1. The van der Waals surface area contributed by atoms with Gasteiger partial charge in [0.1, 0.15) is 0 Å². The highest BCUT2D eigenvalue weighted by atomic mass is 15.0. The molecule has 0 saturated heterocycles. The third-order valence-corrected chi connectivity index (χ3v) is 3.25. The molecule has 96 valence electrons. The molecule has 1 aromatic carbocycles. The van der Waals surface area contributed by atoms with E-state index >= 15 is 0 Å². The predicted molar refractivity (Wildman–Crippen MR) is 77.2 cm³/mol. The zero-order chi connectivity index (χ0) is 13.2. The van der Waals surface area contributed by atoms with Crippen LogP contribution in [0.4, 0.5) is 0 Å². The normalized spacial score (nSPS) is 11.8. The minimum atomic E-state index is 0.204. The zero-order valence-electron chi connectivity index (χ0n) is 11.5. The molecule has 0 unspecified atom stereocenters. The molecule has 0 amide bonds. The Kier molecular flexibility index (Phi) is 3.58. The van der Waals surface area contributed by atoms with Gasteiger partial charge in [-0.3, -0.25) is 0 Å². The molecule has 0 bridgehead atoms. The first-order valence-electron chi connectivity index (χ1n) is 6.49. The Labute approximate surface area is 109 Å². The lowest BCUT2D eigenvalue weighted by Gasteiger charge is -2.19. The average Bonchev–Trinajstić information content (AvgIpc) is 2.77. The summed E-state index contributed by atoms with van der Waals surface area (Å²) in [6.45, 7) is 7.39. The molecule has 2 N–H and O–H groups in total. The van der Waals surface area contributed by atoms with Crippen LogP contribution in [0.15, 0.2) is 42.6 Å². The van der Waals surface area contributed by atoms with Crippen molar-refractivity contribution in [3.05, 3.63) is 53.9 Å². The molecule has 1 aromatic heterocycles. The number of benzene rings is 1. The number of aromatic nitrogens is 1. The van der Waals surface area contributed by atoms with Crippen LogP contribution in [0.25, 0.3) is 5.69 Å². The fourth-order valence-corrected chi connectivity index (χ4v) is 2.14. The van der Waals surface area contributed by atoms with Crippen LogP contribution in [0, 0.1) is 0 Å². The van der Waals surface area contributed by atoms with Crippen molar-refractivity contribution in [2.24, 2.45) is 5.73 Å². The van der Waals surface area contributed by atoms with Crippen molar-refractivity contribution in [2.45, 2.75) is 32.6 Å². The van der Waals surface area contributed by atoms with Crippen molar-refractivity contribution < 1.29 is 0 Å². The van der Waals surface area contributed by atoms with Crippen molar-refractivity contribution in [2.75, 3.05) is 6.54 Å². The molecule has 0 aliphatic carbocycles. The summed E-state index contributed by atoms with van der Waals surface area (Å²) in [5.74, 6) is 0. The maximum Gasteiger partial charge on any atom is 0.0452 e. The summed E-state index contributed by atoms with van der Waals surface area (Å²) in [5, 5.41) is 0. The molecule has 0 aliphatic rings. The van der Waals surface area contributed by atoms with E-state index in [1.807, 2.05) is 0 Å². The maximum absolute atomic E-state index is 5.63. The van der Waals surface area contributed by atoms with Gasteiger partial charge in [0.15, 0.2) is 0 Å². The molecule has 0 radical (unpaired) electrons. The smallest absolute Gasteiger partial charge is 0.0452 e. The Hall–Kier alpha value is -1.54. The second kappa shape index (κ2) is 4.99. The molecule has 1 heterocycles. The first kappa shape index (κ1) is 12.9. The van der Waals surface area contributed by atoms with E-state index in [1.54, 1.807) is 0 Å². The van der Waals surface area contributed by atoms with Crippen LogP contribution in [-0.4, -0.2) is 11.1 Å². The second-order valence-electron chi connectivity index (χ2n) is 5.71. The minimum absolute atomic E-state index is 0.204. The highest BCUT2D eigenvalue weighted by Crippen LogP contribution is 2.23. The SMILES string of the molecule is CC(C)(C)c1ccc(-n2cccc2CCN)cc1. The predicted octanol–water partition coefficient (Wildman–Crippen LogP) is 3.28. The quantitative estimate of drug-likeness (QED) is 0.880. The van der Waals surface area contributed by atoms with E-state index in [2.05, 4.69) is 67.9 Å². The molecule has 0 saturated carbocycles. The van der Waals surface area contributed by atoms with E-state index in [0.717, 1.165) is 6.42 Å². The Balaban J connectivity index is 2.32. The van der Waals surface area contributed by atoms with Gasteiger partial charge in [0, 0.05) is 24.0 Å². The van der Waals surface area contributed by atoms with E-state index in [4.69, 9.17) is 5.73 Å². The van der Waals surface area contributed by atoms with Gasteiger partial charge >= 0.3 is 0 Å². The van der Waals surface area contributed by atoms with Crippen molar-refractivity contribution in [1.82, 2.24) is 4.57 Å². The lowest BCUT2D eigenvalue weighted by Crippen LogP contribution is -2.11. The number of nitrogens with zero attached hydrogens (tertiary/aromatic N) is 1. The first-order valence-corrected chi connectivity index (χ1v) is 6.49. The molecule has 2 aromatic rings. The second-order valence-corrected chi connectivity index (χ2v) is 5.71. The third kappa shape index (κ3) is 2.65. The fourth-order valence-electron chi connectivity index (χ4n) is 2.14. The van der Waals surface area contributed by atoms with Crippen LogP contribution in [-0.2, 0) is 11.8 Å². The van der Waals surface area contributed by atoms with Crippen molar-refractivity contribution in [3.63, 3.8) is 0 Å². The third-order valence-electron chi connectivity index (χ3n) is 3.25. The number of hydrogen-bond acceptors (Lipinski definition) is 1. The summed E-state index contributed by atoms with van der Waals surface area (Å²) in [7, 11) is 0. The summed E-state index contributed by atoms with van der Waals surface area (Å²) >= 11 is 0. The zero-order valence-corrected chi connectivity index (χ0v) is 11.5. The molecule has 0 fully saturated rings. The molecular formula is C16H22N2. The van der Waals surface area contributed by atoms with E-state index in [1.165, 1.54) is 16.9 Å². The summed E-state index contributed by atoms with van der Waals surface area (Å²) in [6.07, 6.45) is 3.01. The van der Waals surface area contributed by atoms with Gasteiger partial charge in [-0.2, -0.15) is 0 Å². The van der Waals surface area contributed by atoms with Crippen LogP contribution in [0.2, 0.25) is 0 Å². The van der Waals surface area contributed by atoms with E-state index in [-0.39, 0.29) is 5.41 Å². The van der Waals surface area contributed by atoms with Crippen LogP contribution < -0.4 is 5.73 Å². The van der Waals surface area contributed by atoms with Crippen molar-refractivity contribution in [3.8, 4) is 5.69 Å². The Bertz CT molecular complexity index is 501. The largest absolute Gasteiger partial charge is 0.330 e. The fraction of sp³-hybridized carbons (Fsp3) is 0.375. The van der Waals surface area contributed by atoms with Gasteiger partial charge in [-0.05, 0) is 41.8 Å². The van der Waals surface area contributed by atoms with E-state index < -0.39 is 0 Å². The lowest BCUT2D eigenvalue weighted by atomic mass is 9.87. The van der Waals surface area contributed by atoms with Gasteiger partial charge in [-0.15, -0.1) is 0 Å². The summed E-state index contributed by atoms with van der Waals surface area (Å²) in [4.78, 5) is 0. The van der Waals surface area contributed by atoms with Gasteiger partial charge in [0.2, 0.25) is 0 Å². The molecule has 2 heteroatoms. The van der Waals surface area contributed by atoms with Gasteiger partial charge in [-0.25, -0.2) is 0 Å². The summed E-state index contributed by atoms with van der Waals surface area (Å²) in [6, 6.07) is 13.0. The average molecular weight is 242 g/mol. The number of nitrogens with two attached hydrogens (primary N) is 1. The van der Waals surface area contributed by atoms with Gasteiger partial charge in [0.05, 0.1) is 0 Å². The highest BCUT2D eigenvalue weighted by Gasteiger charge is 2.13. The van der Waals surface area contributed by atoms with Gasteiger partial charge in [0.25, 0.3) is 0 Å². The number of rotatable bonds is 3. The van der Waals surface area contributed by atoms with Crippen LogP contribution in [0.5, 0.6) is 0 Å². The minimum Gasteiger partial charge on any atom is -0.330 e. The van der Waals surface area contributed by atoms with Gasteiger partial charge < -0.3 is 10.3 Å². The Morgan fingerprint density at radius 3 is 2.28 bits per heavy atom. The Morgan fingerprint density at radius 2 is 1.72 bits per heavy atom. The molecule has 0 spiro atoms. The molecular weight excluding hydrogens is 220 g/mol. The van der Waals surface area contributed by atoms with Gasteiger partial charge in [-0.1, -0.05) is 32.9 Å². The molecule has 2 rings (SSSR count). The van der Waals surface area contributed by atoms with E-state index in [9.17, 15) is 0 Å². The monoisotopic (exact) mass is 242 g/mol. The standard InChI is InChI=1S/C16H22N2/c1-16(2,3)13-6-8-15(9-7-13)18-12-4-5-14(18)10-11-17/h4-9,12H,10-11,17H2,1-3H3. The molecule has 18 heavy (non-hydrogen) atoms. The molecule has 0 aliphatic heterocycles. The maximum atomic E-state index is 5.63. The van der Waals surface area contributed by atoms with Crippen molar-refractivity contribution >= 4 is 0 Å². The van der Waals surface area contributed by atoms with Crippen LogP contribution >= 0.6 is 0 Å². The van der Waals surface area contributed by atoms with Crippen LogP contribution in [0.3, 0.4) is 0 Å². The summed E-state index contributed by atoms with van der Waals surface area (Å²) < 4.78 is 2.21. The molecule has 2 nitrogen and oxygen atoms in total. The summed E-state index contributed by atoms with van der Waals surface area (Å²) in [5.41, 5.74) is 9.67. The Morgan fingerprint density at radius 1 is 1.06 bits per heavy atom. The lowest BCUT2D eigenvalue weighted by molar-refractivity contribution is 0.590. The topological polar surface area (TPSA) is 30.9 Å². The first-order chi connectivity index (χ1) is 8.52. The highest BCUT2D eigenvalue weighted by molar-refractivity contribution is 5.39. The molecule has 0 atom stereocenters.